The number of thioether (sulfide) groups is 2. The summed E-state index contributed by atoms with van der Waals surface area (Å²) in [4.78, 5) is 29.0. The molecule has 140 valence electrons. The molecular formula is C17H19NO6S2. The lowest BCUT2D eigenvalue weighted by molar-refractivity contribution is -0.142. The number of fused-ring (bicyclic) bond motifs is 1. The number of aliphatic carboxylic acids is 2. The lowest BCUT2D eigenvalue weighted by Crippen LogP contribution is -2.17. The van der Waals surface area contributed by atoms with E-state index in [2.05, 4.69) is 16.1 Å². The minimum atomic E-state index is -1.18. The highest BCUT2D eigenvalue weighted by atomic mass is 32.2. The Kier molecular flexibility index (Phi) is 7.13. The Morgan fingerprint density at radius 2 is 1.85 bits per heavy atom. The van der Waals surface area contributed by atoms with Gasteiger partial charge in [0.2, 0.25) is 6.61 Å². The molecule has 1 aromatic rings. The van der Waals surface area contributed by atoms with Crippen LogP contribution < -0.4 is 0 Å². The molecule has 0 fully saturated rings. The molecule has 9 heteroatoms. The van der Waals surface area contributed by atoms with Gasteiger partial charge >= 0.3 is 11.9 Å². The van der Waals surface area contributed by atoms with Gasteiger partial charge < -0.3 is 20.2 Å². The van der Waals surface area contributed by atoms with Crippen molar-refractivity contribution in [2.24, 2.45) is 5.16 Å². The molecule has 1 unspecified atom stereocenters. The lowest BCUT2D eigenvalue weighted by Gasteiger charge is -2.27. The van der Waals surface area contributed by atoms with Crippen LogP contribution >= 0.6 is 23.5 Å². The fourth-order valence-electron chi connectivity index (χ4n) is 2.27. The second kappa shape index (κ2) is 9.11. The van der Waals surface area contributed by atoms with Crippen LogP contribution in [0.5, 0.6) is 0 Å². The highest BCUT2D eigenvalue weighted by molar-refractivity contribution is 8.08. The number of oxime groups is 1. The summed E-state index contributed by atoms with van der Waals surface area (Å²) in [6, 6.07) is 4.09. The summed E-state index contributed by atoms with van der Waals surface area (Å²) in [6.07, 6.45) is 0.911. The van der Waals surface area contributed by atoms with Crippen molar-refractivity contribution in [3.8, 4) is 0 Å². The van der Waals surface area contributed by atoms with E-state index >= 15 is 0 Å². The Morgan fingerprint density at radius 1 is 1.19 bits per heavy atom. The topological polar surface area (TPSA) is 116 Å². The van der Waals surface area contributed by atoms with Crippen LogP contribution in [0.4, 0.5) is 0 Å². The third kappa shape index (κ3) is 5.26. The van der Waals surface area contributed by atoms with Crippen LogP contribution in [0.1, 0.15) is 17.5 Å². The summed E-state index contributed by atoms with van der Waals surface area (Å²) in [5.74, 6) is -2.23. The zero-order valence-corrected chi connectivity index (χ0v) is 15.9. The van der Waals surface area contributed by atoms with Gasteiger partial charge in [0.15, 0.2) is 0 Å². The molecule has 0 bridgehead atoms. The third-order valence-corrected chi connectivity index (χ3v) is 6.50. The van der Waals surface area contributed by atoms with Crippen LogP contribution in [0.3, 0.4) is 0 Å². The Morgan fingerprint density at radius 3 is 2.42 bits per heavy atom. The largest absolute Gasteiger partial charge is 0.481 e. The highest BCUT2D eigenvalue weighted by Crippen LogP contribution is 2.49. The van der Waals surface area contributed by atoms with Crippen molar-refractivity contribution in [3.63, 3.8) is 0 Å². The van der Waals surface area contributed by atoms with Crippen molar-refractivity contribution < 1.29 is 29.7 Å². The van der Waals surface area contributed by atoms with Gasteiger partial charge in [-0.2, -0.15) is 0 Å². The summed E-state index contributed by atoms with van der Waals surface area (Å²) >= 11 is 2.87. The molecule has 26 heavy (non-hydrogen) atoms. The number of carboxylic acid groups (broad SMARTS) is 2. The first-order valence-electron chi connectivity index (χ1n) is 7.70. The average Bonchev–Trinajstić information content (AvgIpc) is 2.57. The van der Waals surface area contributed by atoms with E-state index in [4.69, 9.17) is 5.11 Å². The fourth-order valence-corrected chi connectivity index (χ4v) is 4.98. The maximum Gasteiger partial charge on any atom is 0.344 e. The van der Waals surface area contributed by atoms with Gasteiger partial charge in [-0.1, -0.05) is 16.9 Å². The Bertz CT molecular complexity index is 775. The minimum absolute atomic E-state index is 0.160. The lowest BCUT2D eigenvalue weighted by atomic mass is 10.1. The van der Waals surface area contributed by atoms with E-state index in [-0.39, 0.29) is 18.3 Å². The quantitative estimate of drug-likeness (QED) is 0.475. The van der Waals surface area contributed by atoms with Crippen LogP contribution in [0, 0.1) is 13.8 Å². The van der Waals surface area contributed by atoms with E-state index in [9.17, 15) is 19.8 Å². The predicted octanol–water partition coefficient (Wildman–Crippen LogP) is 2.68. The van der Waals surface area contributed by atoms with Crippen molar-refractivity contribution in [3.05, 3.63) is 33.7 Å². The van der Waals surface area contributed by atoms with Gasteiger partial charge in [0, 0.05) is 14.7 Å². The molecule has 0 radical (unpaired) electrons. The SMILES string of the molecule is Cc1cc2c(cc1C)SC(CO)/C(=C(/C=N/OCC(=O)O)CC(=O)O)S2. The standard InChI is InChI=1S/C17H19NO6S2/c1-9-3-12-13(4-10(9)2)26-17(14(7-19)25-12)11(5-15(20)21)6-18-24-8-16(22)23/h3-4,6,14,19H,5,7-8H2,1-2H3,(H,20,21)(H,22,23)/b17-11-,18-6+. The van der Waals surface area contributed by atoms with E-state index < -0.39 is 18.5 Å². The molecule has 0 saturated heterocycles. The average molecular weight is 397 g/mol. The van der Waals surface area contributed by atoms with Crippen LogP contribution in [0.25, 0.3) is 0 Å². The molecule has 7 nitrogen and oxygen atoms in total. The first-order valence-corrected chi connectivity index (χ1v) is 9.40. The van der Waals surface area contributed by atoms with Gasteiger partial charge in [-0.25, -0.2) is 4.79 Å². The van der Waals surface area contributed by atoms with Crippen molar-refractivity contribution in [2.45, 2.75) is 35.3 Å². The monoisotopic (exact) mass is 397 g/mol. The number of aliphatic hydroxyl groups excluding tert-OH is 1. The molecule has 0 saturated carbocycles. The number of hydrogen-bond donors (Lipinski definition) is 3. The second-order valence-electron chi connectivity index (χ2n) is 5.64. The maximum absolute atomic E-state index is 11.2. The molecule has 1 atom stereocenters. The van der Waals surface area contributed by atoms with Crippen molar-refractivity contribution in [1.29, 1.82) is 0 Å². The number of rotatable bonds is 7. The summed E-state index contributed by atoms with van der Waals surface area (Å²) in [7, 11) is 0. The number of carbonyl (C=O) groups is 2. The zero-order chi connectivity index (χ0) is 19.3. The molecule has 1 aliphatic rings. The van der Waals surface area contributed by atoms with Crippen molar-refractivity contribution in [1.82, 2.24) is 0 Å². The molecular weight excluding hydrogens is 378 g/mol. The van der Waals surface area contributed by atoms with Crippen molar-refractivity contribution in [2.75, 3.05) is 13.2 Å². The number of nitrogens with zero attached hydrogens (tertiary/aromatic N) is 1. The first kappa shape index (κ1) is 20.3. The van der Waals surface area contributed by atoms with Gasteiger partial charge in [-0.05, 0) is 42.7 Å². The number of aliphatic hydroxyl groups is 1. The fraction of sp³-hybridized carbons (Fsp3) is 0.353. The van der Waals surface area contributed by atoms with Gasteiger partial charge in [0.25, 0.3) is 0 Å². The number of aryl methyl sites for hydroxylation is 2. The highest BCUT2D eigenvalue weighted by Gasteiger charge is 2.28. The normalized spacial score (nSPS) is 18.5. The van der Waals surface area contributed by atoms with E-state index in [1.807, 2.05) is 19.9 Å². The molecule has 0 aromatic heterocycles. The third-order valence-electron chi connectivity index (χ3n) is 3.64. The molecule has 3 N–H and O–H groups in total. The van der Waals surface area contributed by atoms with Crippen LogP contribution in [-0.2, 0) is 14.4 Å². The van der Waals surface area contributed by atoms with Crippen molar-refractivity contribution >= 4 is 41.7 Å². The number of benzene rings is 1. The number of hydrogen-bond acceptors (Lipinski definition) is 7. The molecule has 0 spiro atoms. The van der Waals surface area contributed by atoms with Gasteiger partial charge in [-0.3, -0.25) is 4.79 Å². The molecule has 2 rings (SSSR count). The Labute approximate surface area is 159 Å². The summed E-state index contributed by atoms with van der Waals surface area (Å²) in [5, 5.41) is 30.8. The molecule has 1 aromatic carbocycles. The molecule has 1 aliphatic heterocycles. The molecule has 0 amide bonds. The van der Waals surface area contributed by atoms with Crippen LogP contribution in [0.2, 0.25) is 0 Å². The van der Waals surface area contributed by atoms with Gasteiger partial charge in [0.1, 0.15) is 0 Å². The van der Waals surface area contributed by atoms with Gasteiger partial charge in [0.05, 0.1) is 24.5 Å². The molecule has 0 aliphatic carbocycles. The van der Waals surface area contributed by atoms with Crippen LogP contribution in [-0.4, -0.2) is 51.9 Å². The van der Waals surface area contributed by atoms with Gasteiger partial charge in [-0.15, -0.1) is 11.8 Å². The predicted molar refractivity (Wildman–Crippen MR) is 99.9 cm³/mol. The molecule has 1 heterocycles. The summed E-state index contributed by atoms with van der Waals surface area (Å²) in [6.45, 7) is 3.25. The van der Waals surface area contributed by atoms with Crippen LogP contribution in [0.15, 0.2) is 37.6 Å². The maximum atomic E-state index is 11.2. The smallest absolute Gasteiger partial charge is 0.344 e. The Balaban J connectivity index is 2.39. The zero-order valence-electron chi connectivity index (χ0n) is 14.3. The van der Waals surface area contributed by atoms with E-state index in [0.29, 0.717) is 10.5 Å². The summed E-state index contributed by atoms with van der Waals surface area (Å²) in [5.41, 5.74) is 2.65. The van der Waals surface area contributed by atoms with E-state index in [1.54, 1.807) is 0 Å². The first-order chi connectivity index (χ1) is 12.3. The Hall–Kier alpha value is -1.97. The van der Waals surface area contributed by atoms with E-state index in [1.165, 1.54) is 29.7 Å². The van der Waals surface area contributed by atoms with E-state index in [0.717, 1.165) is 20.9 Å². The summed E-state index contributed by atoms with van der Waals surface area (Å²) < 4.78 is 0. The second-order valence-corrected chi connectivity index (χ2v) is 7.96. The minimum Gasteiger partial charge on any atom is -0.481 e. The number of carboxylic acids is 2.